The van der Waals surface area contributed by atoms with Gasteiger partial charge in [0, 0.05) is 12.8 Å². The van der Waals surface area contributed by atoms with E-state index in [0.717, 1.165) is 11.1 Å². The van der Waals surface area contributed by atoms with Crippen LogP contribution in [0.2, 0.25) is 0 Å². The topological polar surface area (TPSA) is 66.5 Å². The van der Waals surface area contributed by atoms with Crippen LogP contribution in [0, 0.1) is 6.92 Å². The number of benzene rings is 1. The summed E-state index contributed by atoms with van der Waals surface area (Å²) in [5.74, 6) is -0.0719. The molecule has 1 saturated heterocycles. The van der Waals surface area contributed by atoms with Crippen LogP contribution in [0.4, 0.5) is 0 Å². The second-order valence-corrected chi connectivity index (χ2v) is 8.90. The van der Waals surface area contributed by atoms with Gasteiger partial charge in [-0.05, 0) is 26.3 Å². The van der Waals surface area contributed by atoms with Crippen LogP contribution < -0.4 is 5.32 Å². The first-order chi connectivity index (χ1) is 9.62. The lowest BCUT2D eigenvalue weighted by atomic mass is 10.1. The molecule has 1 aromatic rings. The van der Waals surface area contributed by atoms with E-state index in [1.165, 1.54) is 6.26 Å². The zero-order valence-electron chi connectivity index (χ0n) is 12.9. The predicted octanol–water partition coefficient (Wildman–Crippen LogP) is 1.25. The molecule has 0 radical (unpaired) electrons. The van der Waals surface area contributed by atoms with E-state index in [-0.39, 0.29) is 25.2 Å². The van der Waals surface area contributed by atoms with Crippen LogP contribution in [0.15, 0.2) is 24.3 Å². The molecule has 1 amide bonds. The monoisotopic (exact) mass is 310 g/mol. The van der Waals surface area contributed by atoms with Gasteiger partial charge in [0.1, 0.15) is 6.17 Å². The minimum atomic E-state index is -3.25. The number of carbonyl (C=O) groups is 1. The highest BCUT2D eigenvalue weighted by Crippen LogP contribution is 2.27. The number of hydrogen-bond acceptors (Lipinski definition) is 4. The van der Waals surface area contributed by atoms with Gasteiger partial charge in [-0.3, -0.25) is 10.1 Å². The molecule has 1 unspecified atom stereocenters. The first-order valence-electron chi connectivity index (χ1n) is 6.91. The van der Waals surface area contributed by atoms with Crippen LogP contribution in [-0.4, -0.2) is 43.3 Å². The minimum Gasteiger partial charge on any atom is -0.320 e. The maximum absolute atomic E-state index is 12.1. The van der Waals surface area contributed by atoms with Gasteiger partial charge in [0.25, 0.3) is 0 Å². The number of nitrogens with one attached hydrogen (secondary N) is 1. The lowest BCUT2D eigenvalue weighted by molar-refractivity contribution is -0.128. The van der Waals surface area contributed by atoms with Gasteiger partial charge in [-0.2, -0.15) is 0 Å². The van der Waals surface area contributed by atoms with Crippen molar-refractivity contribution in [1.29, 1.82) is 0 Å². The average Bonchev–Trinajstić information content (AvgIpc) is 2.70. The van der Waals surface area contributed by atoms with Crippen molar-refractivity contribution < 1.29 is 13.2 Å². The van der Waals surface area contributed by atoms with Crippen molar-refractivity contribution in [3.8, 4) is 0 Å². The Morgan fingerprint density at radius 2 is 1.86 bits per heavy atom. The fourth-order valence-electron chi connectivity index (χ4n) is 2.29. The summed E-state index contributed by atoms with van der Waals surface area (Å²) < 4.78 is 22.8. The molecule has 2 rings (SSSR count). The molecule has 6 heteroatoms. The molecule has 5 nitrogen and oxygen atoms in total. The lowest BCUT2D eigenvalue weighted by Gasteiger charge is -2.32. The molecular formula is C15H22N2O3S. The third kappa shape index (κ3) is 3.27. The third-order valence-corrected chi connectivity index (χ3v) is 6.16. The lowest BCUT2D eigenvalue weighted by Crippen LogP contribution is -2.46. The van der Waals surface area contributed by atoms with Crippen molar-refractivity contribution in [2.75, 3.05) is 19.3 Å². The summed E-state index contributed by atoms with van der Waals surface area (Å²) >= 11 is 0. The highest BCUT2D eigenvalue weighted by molar-refractivity contribution is 7.92. The van der Waals surface area contributed by atoms with E-state index in [4.69, 9.17) is 0 Å². The highest BCUT2D eigenvalue weighted by atomic mass is 32.2. The van der Waals surface area contributed by atoms with Crippen LogP contribution >= 0.6 is 0 Å². The molecule has 1 heterocycles. The molecule has 0 aromatic heterocycles. The minimum absolute atomic E-state index is 0.0719. The standard InChI is InChI=1S/C15H22N2O3S/c1-11-5-7-12(8-6-11)14-16-9-13(18)17(14)10-15(2,3)21(4,19)20/h5-8,14,16H,9-10H2,1-4H3. The first kappa shape index (κ1) is 16.0. The van der Waals surface area contributed by atoms with Gasteiger partial charge in [-0.1, -0.05) is 29.8 Å². The molecule has 0 bridgehead atoms. The zero-order chi connectivity index (χ0) is 15.8. The fourth-order valence-corrected chi connectivity index (χ4v) is 2.67. The van der Waals surface area contributed by atoms with Crippen molar-refractivity contribution in [3.63, 3.8) is 0 Å². The van der Waals surface area contributed by atoms with Gasteiger partial charge < -0.3 is 4.90 Å². The Bertz CT molecular complexity index is 635. The summed E-state index contributed by atoms with van der Waals surface area (Å²) in [6.45, 7) is 5.72. The molecule has 1 aliphatic rings. The van der Waals surface area contributed by atoms with E-state index in [2.05, 4.69) is 5.32 Å². The fraction of sp³-hybridized carbons (Fsp3) is 0.533. The third-order valence-electron chi connectivity index (χ3n) is 4.03. The molecule has 1 N–H and O–H groups in total. The van der Waals surface area contributed by atoms with Crippen LogP contribution in [0.5, 0.6) is 0 Å². The van der Waals surface area contributed by atoms with Crippen molar-refractivity contribution >= 4 is 15.7 Å². The average molecular weight is 310 g/mol. The molecule has 1 fully saturated rings. The van der Waals surface area contributed by atoms with Crippen LogP contribution in [0.3, 0.4) is 0 Å². The van der Waals surface area contributed by atoms with E-state index < -0.39 is 14.6 Å². The van der Waals surface area contributed by atoms with Crippen molar-refractivity contribution in [3.05, 3.63) is 35.4 Å². The summed E-state index contributed by atoms with van der Waals surface area (Å²) in [4.78, 5) is 13.7. The first-order valence-corrected chi connectivity index (χ1v) is 8.80. The number of hydrogen-bond donors (Lipinski definition) is 1. The molecular weight excluding hydrogens is 288 g/mol. The normalized spacial score (nSPS) is 20.1. The summed E-state index contributed by atoms with van der Waals surface area (Å²) in [5.41, 5.74) is 2.11. The number of aryl methyl sites for hydroxylation is 1. The Morgan fingerprint density at radius 3 is 2.38 bits per heavy atom. The van der Waals surface area contributed by atoms with Crippen molar-refractivity contribution in [2.45, 2.75) is 31.7 Å². The molecule has 21 heavy (non-hydrogen) atoms. The van der Waals surface area contributed by atoms with Gasteiger partial charge in [0.2, 0.25) is 5.91 Å². The molecule has 1 aromatic carbocycles. The second kappa shape index (κ2) is 5.42. The van der Waals surface area contributed by atoms with E-state index in [9.17, 15) is 13.2 Å². The molecule has 1 aliphatic heterocycles. The van der Waals surface area contributed by atoms with E-state index >= 15 is 0 Å². The molecule has 116 valence electrons. The quantitative estimate of drug-likeness (QED) is 0.909. The summed E-state index contributed by atoms with van der Waals surface area (Å²) in [6, 6.07) is 7.90. The number of sulfone groups is 1. The Labute approximate surface area is 126 Å². The van der Waals surface area contributed by atoms with Crippen LogP contribution in [0.1, 0.15) is 31.1 Å². The van der Waals surface area contributed by atoms with Gasteiger partial charge in [-0.25, -0.2) is 8.42 Å². The smallest absolute Gasteiger partial charge is 0.238 e. The zero-order valence-corrected chi connectivity index (χ0v) is 13.7. The number of amides is 1. The molecule has 0 spiro atoms. The second-order valence-electron chi connectivity index (χ2n) is 6.25. The number of rotatable bonds is 4. The molecule has 0 aliphatic carbocycles. The maximum atomic E-state index is 12.1. The summed E-state index contributed by atoms with van der Waals surface area (Å²) in [7, 11) is -3.25. The molecule has 1 atom stereocenters. The van der Waals surface area contributed by atoms with E-state index in [0.29, 0.717) is 0 Å². The predicted molar refractivity (Wildman–Crippen MR) is 82.6 cm³/mol. The van der Waals surface area contributed by atoms with Gasteiger partial charge in [0.05, 0.1) is 11.3 Å². The molecule has 0 saturated carbocycles. The van der Waals surface area contributed by atoms with Gasteiger partial charge in [-0.15, -0.1) is 0 Å². The maximum Gasteiger partial charge on any atom is 0.238 e. The Kier molecular flexibility index (Phi) is 4.13. The van der Waals surface area contributed by atoms with Crippen molar-refractivity contribution in [1.82, 2.24) is 10.2 Å². The number of nitrogens with zero attached hydrogens (tertiary/aromatic N) is 1. The van der Waals surface area contributed by atoms with Crippen molar-refractivity contribution in [2.24, 2.45) is 0 Å². The SMILES string of the molecule is Cc1ccc(C2NCC(=O)N2CC(C)(C)S(C)(=O)=O)cc1. The van der Waals surface area contributed by atoms with Crippen LogP contribution in [-0.2, 0) is 14.6 Å². The van der Waals surface area contributed by atoms with Gasteiger partial charge >= 0.3 is 0 Å². The van der Waals surface area contributed by atoms with E-state index in [1.807, 2.05) is 31.2 Å². The number of carbonyl (C=O) groups excluding carboxylic acids is 1. The highest BCUT2D eigenvalue weighted by Gasteiger charge is 2.39. The largest absolute Gasteiger partial charge is 0.320 e. The van der Waals surface area contributed by atoms with Gasteiger partial charge in [0.15, 0.2) is 9.84 Å². The summed E-state index contributed by atoms with van der Waals surface area (Å²) in [5, 5.41) is 3.15. The van der Waals surface area contributed by atoms with E-state index in [1.54, 1.807) is 18.7 Å². The Balaban J connectivity index is 2.28. The Morgan fingerprint density at radius 1 is 1.29 bits per heavy atom. The van der Waals surface area contributed by atoms with Crippen LogP contribution in [0.25, 0.3) is 0 Å². The summed E-state index contributed by atoms with van der Waals surface area (Å²) in [6.07, 6.45) is 0.945. The Hall–Kier alpha value is -1.40.